The van der Waals surface area contributed by atoms with E-state index in [0.717, 1.165) is 16.3 Å². The fourth-order valence-electron chi connectivity index (χ4n) is 2.63. The van der Waals surface area contributed by atoms with Crippen LogP contribution in [0.2, 0.25) is 0 Å². The van der Waals surface area contributed by atoms with Crippen molar-refractivity contribution in [2.45, 2.75) is 12.5 Å². The van der Waals surface area contributed by atoms with Gasteiger partial charge in [-0.3, -0.25) is 4.79 Å². The van der Waals surface area contributed by atoms with Crippen molar-refractivity contribution >= 4 is 16.7 Å². The van der Waals surface area contributed by atoms with E-state index in [2.05, 4.69) is 5.32 Å². The highest BCUT2D eigenvalue weighted by molar-refractivity contribution is 5.84. The van der Waals surface area contributed by atoms with Gasteiger partial charge in [0.15, 0.2) is 6.61 Å². The quantitative estimate of drug-likeness (QED) is 0.727. The number of aliphatic hydroxyl groups is 1. The molecular weight excluding hydrogens is 314 g/mol. The minimum absolute atomic E-state index is 0.0940. The van der Waals surface area contributed by atoms with Crippen molar-refractivity contribution in [3.05, 3.63) is 78.4 Å². The maximum absolute atomic E-state index is 12.0. The van der Waals surface area contributed by atoms with Crippen molar-refractivity contribution in [1.82, 2.24) is 5.32 Å². The third-order valence-electron chi connectivity index (χ3n) is 4.12. The molecule has 2 N–H and O–H groups in total. The van der Waals surface area contributed by atoms with Crippen molar-refractivity contribution in [1.29, 1.82) is 0 Å². The zero-order chi connectivity index (χ0) is 17.7. The Bertz CT molecular complexity index is 859. The summed E-state index contributed by atoms with van der Waals surface area (Å²) in [5.74, 6) is 0.369. The molecule has 3 aromatic rings. The molecular formula is C21H21NO3. The van der Waals surface area contributed by atoms with E-state index in [1.54, 1.807) is 6.92 Å². The van der Waals surface area contributed by atoms with Crippen molar-refractivity contribution in [2.24, 2.45) is 0 Å². The van der Waals surface area contributed by atoms with E-state index >= 15 is 0 Å². The van der Waals surface area contributed by atoms with Gasteiger partial charge in [-0.1, -0.05) is 60.7 Å². The van der Waals surface area contributed by atoms with Gasteiger partial charge in [0.1, 0.15) is 11.4 Å². The fraction of sp³-hybridized carbons (Fsp3) is 0.190. The Labute approximate surface area is 147 Å². The number of amides is 1. The molecule has 0 fully saturated rings. The van der Waals surface area contributed by atoms with E-state index in [1.165, 1.54) is 0 Å². The number of fused-ring (bicyclic) bond motifs is 1. The van der Waals surface area contributed by atoms with Crippen LogP contribution >= 0.6 is 0 Å². The van der Waals surface area contributed by atoms with Gasteiger partial charge >= 0.3 is 0 Å². The van der Waals surface area contributed by atoms with E-state index < -0.39 is 5.60 Å². The second kappa shape index (κ2) is 7.36. The lowest BCUT2D eigenvalue weighted by Crippen LogP contribution is -2.40. The average Bonchev–Trinajstić information content (AvgIpc) is 2.65. The van der Waals surface area contributed by atoms with Gasteiger partial charge in [0, 0.05) is 0 Å². The van der Waals surface area contributed by atoms with Crippen LogP contribution in [0.4, 0.5) is 0 Å². The van der Waals surface area contributed by atoms with Gasteiger partial charge in [-0.05, 0) is 35.4 Å². The molecule has 0 aromatic heterocycles. The number of rotatable bonds is 6. The van der Waals surface area contributed by atoms with Crippen molar-refractivity contribution in [2.75, 3.05) is 13.2 Å². The predicted molar refractivity (Wildman–Crippen MR) is 98.5 cm³/mol. The lowest BCUT2D eigenvalue weighted by atomic mass is 9.96. The molecule has 0 aliphatic carbocycles. The summed E-state index contributed by atoms with van der Waals surface area (Å²) in [5, 5.41) is 15.4. The summed E-state index contributed by atoms with van der Waals surface area (Å²) in [6.45, 7) is 1.70. The van der Waals surface area contributed by atoms with Crippen LogP contribution in [0.5, 0.6) is 5.75 Å². The van der Waals surface area contributed by atoms with E-state index in [1.807, 2.05) is 72.8 Å². The minimum atomic E-state index is -1.13. The topological polar surface area (TPSA) is 58.6 Å². The Kier molecular flexibility index (Phi) is 5.00. The molecule has 3 aromatic carbocycles. The normalized spacial score (nSPS) is 13.2. The third-order valence-corrected chi connectivity index (χ3v) is 4.12. The van der Waals surface area contributed by atoms with E-state index in [4.69, 9.17) is 4.74 Å². The van der Waals surface area contributed by atoms with Crippen LogP contribution in [0.15, 0.2) is 72.8 Å². The molecule has 0 saturated carbocycles. The summed E-state index contributed by atoms with van der Waals surface area (Å²) in [7, 11) is 0. The Morgan fingerprint density at radius 3 is 2.44 bits per heavy atom. The third kappa shape index (κ3) is 4.37. The largest absolute Gasteiger partial charge is 0.484 e. The average molecular weight is 335 g/mol. The fourth-order valence-corrected chi connectivity index (χ4v) is 2.63. The summed E-state index contributed by atoms with van der Waals surface area (Å²) >= 11 is 0. The maximum atomic E-state index is 12.0. The predicted octanol–water partition coefficient (Wildman–Crippen LogP) is 3.24. The molecule has 25 heavy (non-hydrogen) atoms. The number of nitrogens with one attached hydrogen (secondary N) is 1. The first-order valence-electron chi connectivity index (χ1n) is 8.21. The standard InChI is InChI=1S/C21H21NO3/c1-21(24,18-9-3-2-4-10-18)15-22-20(23)14-25-19-12-11-16-7-5-6-8-17(16)13-19/h2-13,24H,14-15H2,1H3,(H,22,23)/t21-/m1/s1. The van der Waals surface area contributed by atoms with Crippen LogP contribution in [0.25, 0.3) is 10.8 Å². The molecule has 0 bridgehead atoms. The highest BCUT2D eigenvalue weighted by Crippen LogP contribution is 2.21. The number of ether oxygens (including phenoxy) is 1. The Balaban J connectivity index is 1.54. The first-order valence-corrected chi connectivity index (χ1v) is 8.21. The number of hydrogen-bond acceptors (Lipinski definition) is 3. The Hall–Kier alpha value is -2.85. The molecule has 4 heteroatoms. The van der Waals surface area contributed by atoms with Gasteiger partial charge in [0.2, 0.25) is 0 Å². The number of benzene rings is 3. The Morgan fingerprint density at radius 1 is 1.00 bits per heavy atom. The SMILES string of the molecule is C[C@@](O)(CNC(=O)COc1ccc2ccccc2c1)c1ccccc1. The summed E-state index contributed by atoms with van der Waals surface area (Å²) < 4.78 is 5.55. The second-order valence-corrected chi connectivity index (χ2v) is 6.21. The van der Waals surface area contributed by atoms with Crippen LogP contribution in [-0.4, -0.2) is 24.2 Å². The van der Waals surface area contributed by atoms with Gasteiger partial charge in [-0.2, -0.15) is 0 Å². The summed E-state index contributed by atoms with van der Waals surface area (Å²) in [6, 6.07) is 22.9. The van der Waals surface area contributed by atoms with Crippen LogP contribution < -0.4 is 10.1 Å². The monoisotopic (exact) mass is 335 g/mol. The maximum Gasteiger partial charge on any atom is 0.258 e. The van der Waals surface area contributed by atoms with Gasteiger partial charge in [-0.15, -0.1) is 0 Å². The molecule has 0 aliphatic rings. The zero-order valence-corrected chi connectivity index (χ0v) is 14.1. The van der Waals surface area contributed by atoms with Gasteiger partial charge < -0.3 is 15.2 Å². The van der Waals surface area contributed by atoms with Crippen LogP contribution in [0, 0.1) is 0 Å². The molecule has 4 nitrogen and oxygen atoms in total. The Morgan fingerprint density at radius 2 is 1.68 bits per heavy atom. The molecule has 0 saturated heterocycles. The highest BCUT2D eigenvalue weighted by Gasteiger charge is 2.23. The van der Waals surface area contributed by atoms with E-state index in [9.17, 15) is 9.90 Å². The molecule has 128 valence electrons. The van der Waals surface area contributed by atoms with E-state index in [-0.39, 0.29) is 19.1 Å². The first-order chi connectivity index (χ1) is 12.0. The minimum Gasteiger partial charge on any atom is -0.484 e. The van der Waals surface area contributed by atoms with Crippen LogP contribution in [-0.2, 0) is 10.4 Å². The second-order valence-electron chi connectivity index (χ2n) is 6.21. The van der Waals surface area contributed by atoms with Crippen molar-refractivity contribution in [3.63, 3.8) is 0 Å². The first kappa shape index (κ1) is 17.0. The van der Waals surface area contributed by atoms with Crippen LogP contribution in [0.3, 0.4) is 0 Å². The summed E-state index contributed by atoms with van der Waals surface area (Å²) in [4.78, 5) is 12.0. The lowest BCUT2D eigenvalue weighted by Gasteiger charge is -2.24. The van der Waals surface area contributed by atoms with Crippen molar-refractivity contribution in [3.8, 4) is 5.75 Å². The summed E-state index contributed by atoms with van der Waals surface area (Å²) in [5.41, 5.74) is -0.370. The smallest absolute Gasteiger partial charge is 0.258 e. The number of carbonyl (C=O) groups is 1. The molecule has 0 unspecified atom stereocenters. The van der Waals surface area contributed by atoms with Crippen molar-refractivity contribution < 1.29 is 14.6 Å². The molecule has 0 radical (unpaired) electrons. The molecule has 0 spiro atoms. The van der Waals surface area contributed by atoms with Crippen LogP contribution in [0.1, 0.15) is 12.5 Å². The molecule has 1 amide bonds. The number of hydrogen-bond donors (Lipinski definition) is 2. The molecule has 0 aliphatic heterocycles. The number of carbonyl (C=O) groups excluding carboxylic acids is 1. The molecule has 3 rings (SSSR count). The molecule has 1 atom stereocenters. The van der Waals surface area contributed by atoms with E-state index in [0.29, 0.717) is 5.75 Å². The molecule has 0 heterocycles. The van der Waals surface area contributed by atoms with Gasteiger partial charge in [-0.25, -0.2) is 0 Å². The van der Waals surface area contributed by atoms with Gasteiger partial charge in [0.05, 0.1) is 6.54 Å². The zero-order valence-electron chi connectivity index (χ0n) is 14.1. The lowest BCUT2D eigenvalue weighted by molar-refractivity contribution is -0.124. The summed E-state index contributed by atoms with van der Waals surface area (Å²) in [6.07, 6.45) is 0. The van der Waals surface area contributed by atoms with Gasteiger partial charge in [0.25, 0.3) is 5.91 Å². The highest BCUT2D eigenvalue weighted by atomic mass is 16.5.